The van der Waals surface area contributed by atoms with E-state index < -0.39 is 21.5 Å². The molecule has 182 valence electrons. The minimum Gasteiger partial charge on any atom is -0.497 e. The van der Waals surface area contributed by atoms with Crippen molar-refractivity contribution in [1.82, 2.24) is 4.98 Å². The topological polar surface area (TPSA) is 85.8 Å². The lowest BCUT2D eigenvalue weighted by Gasteiger charge is -2.23. The van der Waals surface area contributed by atoms with Gasteiger partial charge in [0.05, 0.1) is 35.1 Å². The van der Waals surface area contributed by atoms with Crippen molar-refractivity contribution in [2.45, 2.75) is 36.7 Å². The van der Waals surface area contributed by atoms with Crippen molar-refractivity contribution in [3.05, 3.63) is 48.0 Å². The second-order valence-corrected chi connectivity index (χ2v) is 11.1. The summed E-state index contributed by atoms with van der Waals surface area (Å²) in [5.41, 5.74) is -0.00590. The predicted molar refractivity (Wildman–Crippen MR) is 125 cm³/mol. The number of ether oxygens (including phenoxy) is 2. The molecule has 7 nitrogen and oxygen atoms in total. The van der Waals surface area contributed by atoms with Crippen molar-refractivity contribution in [3.8, 4) is 5.75 Å². The van der Waals surface area contributed by atoms with E-state index in [2.05, 4.69) is 4.98 Å². The standard InChI is InChI=1S/C23H24F2N2O5S2/c1-31-16-6-8-18(9-7-16)34(29,30)11-3-5-21(28)27(14-17-4-2-10-32-17)23-26-22-19(25)12-15(24)13-20(22)33-23/h6-9,12-13,17H,2-5,10-11,14H2,1H3. The Bertz CT molecular complexity index is 1270. The summed E-state index contributed by atoms with van der Waals surface area (Å²) < 4.78 is 64.1. The van der Waals surface area contributed by atoms with Crippen molar-refractivity contribution in [1.29, 1.82) is 0 Å². The smallest absolute Gasteiger partial charge is 0.228 e. The summed E-state index contributed by atoms with van der Waals surface area (Å²) in [6, 6.07) is 7.99. The van der Waals surface area contributed by atoms with Gasteiger partial charge in [-0.2, -0.15) is 0 Å². The van der Waals surface area contributed by atoms with Crippen LogP contribution in [0.1, 0.15) is 25.7 Å². The molecule has 11 heteroatoms. The van der Waals surface area contributed by atoms with Gasteiger partial charge in [-0.3, -0.25) is 9.69 Å². The quantitative estimate of drug-likeness (QED) is 0.426. The molecule has 0 radical (unpaired) electrons. The molecule has 1 saturated heterocycles. The fraction of sp³-hybridized carbons (Fsp3) is 0.391. The SMILES string of the molecule is COc1ccc(S(=O)(=O)CCCC(=O)N(CC2CCCO2)c2nc3c(F)cc(F)cc3s2)cc1. The van der Waals surface area contributed by atoms with Crippen LogP contribution in [0.5, 0.6) is 5.75 Å². The molecule has 1 aliphatic rings. The number of anilines is 1. The fourth-order valence-corrected chi connectivity index (χ4v) is 6.13. The molecule has 1 unspecified atom stereocenters. The van der Waals surface area contributed by atoms with Gasteiger partial charge in [0, 0.05) is 19.1 Å². The third-order valence-corrected chi connectivity index (χ3v) is 8.41. The molecule has 4 rings (SSSR count). The van der Waals surface area contributed by atoms with Crippen molar-refractivity contribution < 1.29 is 31.5 Å². The van der Waals surface area contributed by atoms with Crippen molar-refractivity contribution in [2.75, 3.05) is 30.9 Å². The largest absolute Gasteiger partial charge is 0.497 e. The van der Waals surface area contributed by atoms with Crippen LogP contribution in [0.3, 0.4) is 0 Å². The third kappa shape index (κ3) is 5.53. The number of hydrogen-bond donors (Lipinski definition) is 0. The fourth-order valence-electron chi connectivity index (χ4n) is 3.79. The van der Waals surface area contributed by atoms with Gasteiger partial charge in [-0.15, -0.1) is 0 Å². The Morgan fingerprint density at radius 3 is 2.71 bits per heavy atom. The maximum Gasteiger partial charge on any atom is 0.228 e. The Morgan fingerprint density at radius 1 is 1.26 bits per heavy atom. The van der Waals surface area contributed by atoms with Crippen molar-refractivity contribution >= 4 is 42.4 Å². The first kappa shape index (κ1) is 24.5. The third-order valence-electron chi connectivity index (χ3n) is 5.57. The summed E-state index contributed by atoms with van der Waals surface area (Å²) in [5.74, 6) is -1.53. The van der Waals surface area contributed by atoms with Crippen LogP contribution in [-0.2, 0) is 19.4 Å². The number of carbonyl (C=O) groups is 1. The van der Waals surface area contributed by atoms with Crippen molar-refractivity contribution in [3.63, 3.8) is 0 Å². The minimum atomic E-state index is -3.58. The van der Waals surface area contributed by atoms with Crippen LogP contribution in [0.2, 0.25) is 0 Å². The molecule has 0 aliphatic carbocycles. The Morgan fingerprint density at radius 2 is 2.03 bits per heavy atom. The van der Waals surface area contributed by atoms with Gasteiger partial charge < -0.3 is 9.47 Å². The average molecular weight is 511 g/mol. The second kappa shape index (κ2) is 10.3. The Hall–Kier alpha value is -2.63. The van der Waals surface area contributed by atoms with Gasteiger partial charge in [0.2, 0.25) is 5.91 Å². The highest BCUT2D eigenvalue weighted by atomic mass is 32.2. The number of sulfone groups is 1. The highest BCUT2D eigenvalue weighted by Crippen LogP contribution is 2.32. The number of halogens is 2. The lowest BCUT2D eigenvalue weighted by Crippen LogP contribution is -2.37. The number of thiazole rings is 1. The molecule has 34 heavy (non-hydrogen) atoms. The van der Waals surface area contributed by atoms with Crippen LogP contribution in [-0.4, -0.2) is 51.4 Å². The number of aromatic nitrogens is 1. The Balaban J connectivity index is 1.49. The molecule has 1 aliphatic heterocycles. The monoisotopic (exact) mass is 510 g/mol. The van der Waals surface area contributed by atoms with Gasteiger partial charge in [-0.05, 0) is 49.6 Å². The summed E-state index contributed by atoms with van der Waals surface area (Å²) in [6.45, 7) is 0.806. The highest BCUT2D eigenvalue weighted by Gasteiger charge is 2.27. The zero-order valence-corrected chi connectivity index (χ0v) is 20.1. The van der Waals surface area contributed by atoms with E-state index in [-0.39, 0.29) is 52.7 Å². The molecule has 3 aromatic rings. The molecule has 2 heterocycles. The Labute approximate surface area is 200 Å². The zero-order chi connectivity index (χ0) is 24.3. The van der Waals surface area contributed by atoms with Crippen LogP contribution in [0.15, 0.2) is 41.3 Å². The summed E-state index contributed by atoms with van der Waals surface area (Å²) in [7, 11) is -2.09. The van der Waals surface area contributed by atoms with Crippen LogP contribution in [0.4, 0.5) is 13.9 Å². The molecule has 2 aromatic carbocycles. The van der Waals surface area contributed by atoms with Gasteiger partial charge in [0.1, 0.15) is 17.1 Å². The highest BCUT2D eigenvalue weighted by molar-refractivity contribution is 7.91. The van der Waals surface area contributed by atoms with Gasteiger partial charge in [-0.1, -0.05) is 11.3 Å². The molecule has 1 amide bonds. The molecule has 0 saturated carbocycles. The van der Waals surface area contributed by atoms with Gasteiger partial charge in [-0.25, -0.2) is 22.2 Å². The first-order chi connectivity index (χ1) is 16.3. The van der Waals surface area contributed by atoms with Gasteiger partial charge in [0.25, 0.3) is 0 Å². The number of rotatable bonds is 9. The van der Waals surface area contributed by atoms with E-state index in [9.17, 15) is 22.0 Å². The number of hydrogen-bond acceptors (Lipinski definition) is 7. The Kier molecular flexibility index (Phi) is 7.44. The molecule has 0 spiro atoms. The maximum atomic E-state index is 14.2. The van der Waals surface area contributed by atoms with Crippen LogP contribution in [0, 0.1) is 11.6 Å². The lowest BCUT2D eigenvalue weighted by molar-refractivity contribution is -0.119. The van der Waals surface area contributed by atoms with Crippen LogP contribution in [0.25, 0.3) is 10.2 Å². The summed E-state index contributed by atoms with van der Waals surface area (Å²) in [5, 5.41) is 0.234. The second-order valence-electron chi connectivity index (χ2n) is 7.97. The van der Waals surface area contributed by atoms with E-state index in [1.807, 2.05) is 0 Å². The predicted octanol–water partition coefficient (Wildman–Crippen LogP) is 4.35. The number of fused-ring (bicyclic) bond motifs is 1. The van der Waals surface area contributed by atoms with Gasteiger partial charge in [0.15, 0.2) is 20.8 Å². The summed E-state index contributed by atoms with van der Waals surface area (Å²) in [4.78, 5) is 18.9. The maximum absolute atomic E-state index is 14.2. The number of benzene rings is 2. The molecule has 0 N–H and O–H groups in total. The first-order valence-electron chi connectivity index (χ1n) is 10.8. The molecule has 0 bridgehead atoms. The van der Waals surface area contributed by atoms with E-state index in [0.29, 0.717) is 17.1 Å². The molecule has 1 fully saturated rings. The van der Waals surface area contributed by atoms with Crippen molar-refractivity contribution in [2.24, 2.45) is 0 Å². The summed E-state index contributed by atoms with van der Waals surface area (Å²) in [6.07, 6.45) is 1.49. The van der Waals surface area contributed by atoms with Gasteiger partial charge >= 0.3 is 0 Å². The molecular formula is C23H24F2N2O5S2. The minimum absolute atomic E-state index is 0.00590. The van der Waals surface area contributed by atoms with E-state index in [0.717, 1.165) is 30.2 Å². The summed E-state index contributed by atoms with van der Waals surface area (Å²) >= 11 is 1.01. The normalized spacial score (nSPS) is 16.1. The number of nitrogens with zero attached hydrogens (tertiary/aromatic N) is 2. The number of amides is 1. The molecule has 1 aromatic heterocycles. The molecular weight excluding hydrogens is 486 g/mol. The van der Waals surface area contributed by atoms with Crippen LogP contribution < -0.4 is 9.64 Å². The first-order valence-corrected chi connectivity index (χ1v) is 13.3. The number of methoxy groups -OCH3 is 1. The number of carbonyl (C=O) groups excluding carboxylic acids is 1. The molecule has 1 atom stereocenters. The average Bonchev–Trinajstić information content (AvgIpc) is 3.47. The van der Waals surface area contributed by atoms with E-state index >= 15 is 0 Å². The lowest BCUT2D eigenvalue weighted by atomic mass is 10.2. The van der Waals surface area contributed by atoms with Crippen LogP contribution >= 0.6 is 11.3 Å². The van der Waals surface area contributed by atoms with E-state index in [1.54, 1.807) is 12.1 Å². The zero-order valence-electron chi connectivity index (χ0n) is 18.5. The van der Waals surface area contributed by atoms with E-state index in [4.69, 9.17) is 9.47 Å². The van der Waals surface area contributed by atoms with E-state index in [1.165, 1.54) is 30.2 Å².